The first kappa shape index (κ1) is 14.4. The lowest BCUT2D eigenvalue weighted by molar-refractivity contribution is 0.200. The molecule has 1 aliphatic carbocycles. The van der Waals surface area contributed by atoms with Gasteiger partial charge in [0, 0.05) is 0 Å². The number of hydrogen-bond donors (Lipinski definition) is 2. The van der Waals surface area contributed by atoms with Crippen molar-refractivity contribution in [2.75, 3.05) is 7.11 Å². The normalized spacial score (nSPS) is 16.6. The minimum atomic E-state index is -4.06. The summed E-state index contributed by atoms with van der Waals surface area (Å²) in [6.07, 6.45) is 4.26. The lowest BCUT2D eigenvalue weighted by atomic mass is 10.2. The van der Waals surface area contributed by atoms with E-state index in [2.05, 4.69) is 0 Å². The van der Waals surface area contributed by atoms with Gasteiger partial charge in [-0.25, -0.2) is 0 Å². The van der Waals surface area contributed by atoms with Crippen molar-refractivity contribution in [1.29, 1.82) is 0 Å². The summed E-state index contributed by atoms with van der Waals surface area (Å²) in [5, 5.41) is 0. The Labute approximate surface area is 112 Å². The SMILES string of the molecule is COc1ccc(CP(=O)(O)O)cc1OC1CCCC1. The van der Waals surface area contributed by atoms with Crippen LogP contribution in [0.25, 0.3) is 0 Å². The van der Waals surface area contributed by atoms with E-state index in [4.69, 9.17) is 19.3 Å². The van der Waals surface area contributed by atoms with Crippen LogP contribution in [0.1, 0.15) is 31.2 Å². The summed E-state index contributed by atoms with van der Waals surface area (Å²) in [5.41, 5.74) is 0.558. The van der Waals surface area contributed by atoms with Crippen LogP contribution in [-0.4, -0.2) is 23.0 Å². The first-order valence-corrected chi connectivity index (χ1v) is 8.16. The molecule has 2 rings (SSSR count). The van der Waals surface area contributed by atoms with Crippen LogP contribution in [0.2, 0.25) is 0 Å². The number of methoxy groups -OCH3 is 1. The summed E-state index contributed by atoms with van der Waals surface area (Å²) < 4.78 is 22.1. The molecule has 1 aliphatic rings. The maximum atomic E-state index is 11.0. The van der Waals surface area contributed by atoms with E-state index in [1.807, 2.05) is 0 Å². The van der Waals surface area contributed by atoms with Crippen molar-refractivity contribution >= 4 is 7.60 Å². The van der Waals surface area contributed by atoms with Gasteiger partial charge in [0.25, 0.3) is 0 Å². The van der Waals surface area contributed by atoms with E-state index in [0.29, 0.717) is 17.1 Å². The second kappa shape index (κ2) is 5.95. The van der Waals surface area contributed by atoms with Crippen LogP contribution in [0, 0.1) is 0 Å². The molecule has 0 aromatic heterocycles. The average molecular weight is 286 g/mol. The van der Waals surface area contributed by atoms with Gasteiger partial charge in [-0.15, -0.1) is 0 Å². The highest BCUT2D eigenvalue weighted by molar-refractivity contribution is 7.50. The first-order valence-electron chi connectivity index (χ1n) is 6.36. The molecule has 5 nitrogen and oxygen atoms in total. The third kappa shape index (κ3) is 4.23. The minimum absolute atomic E-state index is 0.180. The van der Waals surface area contributed by atoms with E-state index in [-0.39, 0.29) is 12.3 Å². The van der Waals surface area contributed by atoms with Crippen LogP contribution in [0.3, 0.4) is 0 Å². The number of rotatable bonds is 5. The zero-order chi connectivity index (χ0) is 13.9. The van der Waals surface area contributed by atoms with Gasteiger partial charge in [-0.05, 0) is 43.4 Å². The zero-order valence-corrected chi connectivity index (χ0v) is 11.8. The highest BCUT2D eigenvalue weighted by Crippen LogP contribution is 2.41. The van der Waals surface area contributed by atoms with E-state index < -0.39 is 7.60 Å². The van der Waals surface area contributed by atoms with Gasteiger partial charge in [0.2, 0.25) is 0 Å². The zero-order valence-electron chi connectivity index (χ0n) is 10.9. The molecule has 19 heavy (non-hydrogen) atoms. The minimum Gasteiger partial charge on any atom is -0.493 e. The van der Waals surface area contributed by atoms with E-state index in [0.717, 1.165) is 25.7 Å². The lowest BCUT2D eigenvalue weighted by Gasteiger charge is -2.17. The molecule has 0 saturated heterocycles. The Morgan fingerprint density at radius 3 is 2.53 bits per heavy atom. The molecule has 106 valence electrons. The number of hydrogen-bond acceptors (Lipinski definition) is 3. The molecule has 1 fully saturated rings. The van der Waals surface area contributed by atoms with Crippen molar-refractivity contribution in [3.8, 4) is 11.5 Å². The van der Waals surface area contributed by atoms with Gasteiger partial charge in [0.05, 0.1) is 19.4 Å². The first-order chi connectivity index (χ1) is 8.98. The Morgan fingerprint density at radius 1 is 1.26 bits per heavy atom. The molecule has 0 bridgehead atoms. The molecule has 0 atom stereocenters. The molecule has 0 aliphatic heterocycles. The van der Waals surface area contributed by atoms with Gasteiger partial charge in [-0.1, -0.05) is 6.07 Å². The molecule has 1 aromatic carbocycles. The molecule has 1 saturated carbocycles. The maximum Gasteiger partial charge on any atom is 0.329 e. The summed E-state index contributed by atoms with van der Waals surface area (Å²) in [4.78, 5) is 18.0. The fourth-order valence-corrected chi connectivity index (χ4v) is 3.01. The smallest absolute Gasteiger partial charge is 0.329 e. The largest absolute Gasteiger partial charge is 0.493 e. The Balaban J connectivity index is 2.18. The standard InChI is InChI=1S/C13H19O5P/c1-17-12-7-6-10(9-19(14,15)16)8-13(12)18-11-4-2-3-5-11/h6-8,11H,2-5,9H2,1H3,(H2,14,15,16). The Bertz CT molecular complexity index is 476. The summed E-state index contributed by atoms with van der Waals surface area (Å²) in [6, 6.07) is 5.00. The molecule has 0 heterocycles. The molecule has 0 spiro atoms. The van der Waals surface area contributed by atoms with Crippen molar-refractivity contribution in [3.05, 3.63) is 23.8 Å². The molecule has 6 heteroatoms. The molecule has 2 N–H and O–H groups in total. The summed E-state index contributed by atoms with van der Waals surface area (Å²) in [7, 11) is -2.51. The topological polar surface area (TPSA) is 76.0 Å². The monoisotopic (exact) mass is 286 g/mol. The maximum absolute atomic E-state index is 11.0. The summed E-state index contributed by atoms with van der Waals surface area (Å²) >= 11 is 0. The third-order valence-electron chi connectivity index (χ3n) is 3.21. The Hall–Kier alpha value is -1.03. The van der Waals surface area contributed by atoms with Crippen LogP contribution in [0.4, 0.5) is 0 Å². The predicted octanol–water partition coefficient (Wildman–Crippen LogP) is 2.69. The molecule has 0 radical (unpaired) electrons. The van der Waals surface area contributed by atoms with Crippen LogP contribution in [0.5, 0.6) is 11.5 Å². The molecule has 0 amide bonds. The van der Waals surface area contributed by atoms with Gasteiger partial charge in [0.15, 0.2) is 11.5 Å². The van der Waals surface area contributed by atoms with Crippen molar-refractivity contribution in [3.63, 3.8) is 0 Å². The fraction of sp³-hybridized carbons (Fsp3) is 0.538. The van der Waals surface area contributed by atoms with Gasteiger partial charge in [-0.2, -0.15) is 0 Å². The molecular formula is C13H19O5P. The lowest BCUT2D eigenvalue weighted by Crippen LogP contribution is -2.11. The van der Waals surface area contributed by atoms with Crippen LogP contribution < -0.4 is 9.47 Å². The summed E-state index contributed by atoms with van der Waals surface area (Å²) in [6.45, 7) is 0. The Kier molecular flexibility index (Phi) is 4.50. The van der Waals surface area contributed by atoms with Crippen molar-refractivity contribution in [1.82, 2.24) is 0 Å². The van der Waals surface area contributed by atoms with E-state index >= 15 is 0 Å². The summed E-state index contributed by atoms with van der Waals surface area (Å²) in [5.74, 6) is 1.17. The van der Waals surface area contributed by atoms with Crippen molar-refractivity contribution in [2.45, 2.75) is 37.9 Å². The van der Waals surface area contributed by atoms with Crippen molar-refractivity contribution < 1.29 is 23.8 Å². The average Bonchev–Trinajstić information content (AvgIpc) is 2.80. The predicted molar refractivity (Wildman–Crippen MR) is 71.6 cm³/mol. The highest BCUT2D eigenvalue weighted by atomic mass is 31.2. The third-order valence-corrected chi connectivity index (χ3v) is 3.99. The number of benzene rings is 1. The number of ether oxygens (including phenoxy) is 2. The molecule has 0 unspecified atom stereocenters. The fourth-order valence-electron chi connectivity index (χ4n) is 2.34. The van der Waals surface area contributed by atoms with Gasteiger partial charge >= 0.3 is 7.60 Å². The second-order valence-corrected chi connectivity index (χ2v) is 6.48. The van der Waals surface area contributed by atoms with Gasteiger partial charge in [-0.3, -0.25) is 4.57 Å². The van der Waals surface area contributed by atoms with Crippen LogP contribution in [0.15, 0.2) is 18.2 Å². The Morgan fingerprint density at radius 2 is 1.95 bits per heavy atom. The van der Waals surface area contributed by atoms with Gasteiger partial charge in [0.1, 0.15) is 0 Å². The van der Waals surface area contributed by atoms with Crippen molar-refractivity contribution in [2.24, 2.45) is 0 Å². The van der Waals surface area contributed by atoms with E-state index in [1.165, 1.54) is 0 Å². The van der Waals surface area contributed by atoms with Crippen LogP contribution in [-0.2, 0) is 10.7 Å². The second-order valence-electron chi connectivity index (χ2n) is 4.83. The van der Waals surface area contributed by atoms with E-state index in [1.54, 1.807) is 25.3 Å². The molecular weight excluding hydrogens is 267 g/mol. The van der Waals surface area contributed by atoms with Gasteiger partial charge < -0.3 is 19.3 Å². The quantitative estimate of drug-likeness (QED) is 0.814. The highest BCUT2D eigenvalue weighted by Gasteiger charge is 2.20. The van der Waals surface area contributed by atoms with Crippen LogP contribution >= 0.6 is 7.60 Å². The van der Waals surface area contributed by atoms with E-state index in [9.17, 15) is 4.57 Å². The molecule has 1 aromatic rings.